The average Bonchev–Trinajstić information content (AvgIpc) is 3.43. The van der Waals surface area contributed by atoms with Crippen LogP contribution < -0.4 is 20.3 Å². The molecule has 0 atom stereocenters. The molecule has 202 valence electrons. The summed E-state index contributed by atoms with van der Waals surface area (Å²) in [5.41, 5.74) is 8.61. The highest BCUT2D eigenvalue weighted by atomic mass is 16.5. The van der Waals surface area contributed by atoms with Gasteiger partial charge in [0.1, 0.15) is 12.3 Å². The number of carbonyl (C=O) groups is 1. The predicted octanol–water partition coefficient (Wildman–Crippen LogP) is 7.96. The van der Waals surface area contributed by atoms with Gasteiger partial charge in [-0.05, 0) is 71.5 Å². The largest absolute Gasteiger partial charge is 0.471 e. The van der Waals surface area contributed by atoms with E-state index in [9.17, 15) is 4.79 Å². The first kappa shape index (κ1) is 26.8. The van der Waals surface area contributed by atoms with Crippen LogP contribution in [-0.2, 0) is 4.79 Å². The summed E-state index contributed by atoms with van der Waals surface area (Å²) in [5.74, 6) is 0.646. The Hall–Kier alpha value is -4.77. The minimum Gasteiger partial charge on any atom is -0.471 e. The summed E-state index contributed by atoms with van der Waals surface area (Å²) < 4.78 is 5.79. The highest BCUT2D eigenvalue weighted by molar-refractivity contribution is 6.05. The van der Waals surface area contributed by atoms with Crippen LogP contribution in [0.3, 0.4) is 0 Å². The summed E-state index contributed by atoms with van der Waals surface area (Å²) in [6, 6.07) is 19.0. The van der Waals surface area contributed by atoms with Crippen molar-refractivity contribution in [3.8, 4) is 5.75 Å². The number of allylic oxidation sites excluding steroid dienone is 8. The fourth-order valence-corrected chi connectivity index (χ4v) is 5.10. The van der Waals surface area contributed by atoms with Crippen molar-refractivity contribution in [2.24, 2.45) is 0 Å². The molecule has 0 aromatic heterocycles. The standard InChI is InChI=1S/C35H35N3O2/c1-6-11-29(27-15-14-25-12-9-10-13-26(25)17-27)31-20-38(21-35(39)37-28(8-3)16-23(4)7-2)33-19-34-32(36-22-40-34)18-30(33)24(31)5/h7-20,36H,2,5-6,21-22H2,1,3-4H3,(H,37,39)/b23-16-,28-8+,29-11?. The molecule has 40 heavy (non-hydrogen) atoms. The Morgan fingerprint density at radius 2 is 1.95 bits per heavy atom. The first-order chi connectivity index (χ1) is 19.4. The number of benzene rings is 3. The van der Waals surface area contributed by atoms with Crippen molar-refractivity contribution in [2.75, 3.05) is 23.5 Å². The Morgan fingerprint density at radius 1 is 1.15 bits per heavy atom. The SMILES string of the molecule is C=C/C(C)=C\C(=C/C)NC(=O)CN1C=C(C(=CCC)c2ccc3ccccc3c2)C(=C)c2cc3c(cc21)OCN3. The Labute approximate surface area is 236 Å². The van der Waals surface area contributed by atoms with Gasteiger partial charge in [0.05, 0.1) is 11.4 Å². The van der Waals surface area contributed by atoms with Crippen LogP contribution in [0.4, 0.5) is 11.4 Å². The van der Waals surface area contributed by atoms with Gasteiger partial charge in [0.2, 0.25) is 5.91 Å². The summed E-state index contributed by atoms with van der Waals surface area (Å²) in [6.45, 7) is 14.9. The van der Waals surface area contributed by atoms with Crippen molar-refractivity contribution in [3.05, 3.63) is 126 Å². The summed E-state index contributed by atoms with van der Waals surface area (Å²) in [4.78, 5) is 15.3. The molecule has 3 aromatic carbocycles. The lowest BCUT2D eigenvalue weighted by atomic mass is 9.85. The Kier molecular flexibility index (Phi) is 7.74. The van der Waals surface area contributed by atoms with E-state index >= 15 is 0 Å². The van der Waals surface area contributed by atoms with Gasteiger partial charge >= 0.3 is 0 Å². The Bertz CT molecular complexity index is 1640. The second kappa shape index (κ2) is 11.5. The van der Waals surface area contributed by atoms with Gasteiger partial charge in [-0.15, -0.1) is 0 Å². The average molecular weight is 530 g/mol. The van der Waals surface area contributed by atoms with E-state index in [0.717, 1.165) is 62.7 Å². The highest BCUT2D eigenvalue weighted by Crippen LogP contribution is 2.46. The normalized spacial score (nSPS) is 15.2. The highest BCUT2D eigenvalue weighted by Gasteiger charge is 2.28. The fourth-order valence-electron chi connectivity index (χ4n) is 5.10. The van der Waals surface area contributed by atoms with Gasteiger partial charge in [0.25, 0.3) is 0 Å². The molecule has 2 aliphatic heterocycles. The van der Waals surface area contributed by atoms with Crippen LogP contribution in [0.1, 0.15) is 38.3 Å². The van der Waals surface area contributed by atoms with E-state index in [1.54, 1.807) is 6.08 Å². The topological polar surface area (TPSA) is 53.6 Å². The molecule has 0 spiro atoms. The van der Waals surface area contributed by atoms with Crippen LogP contribution >= 0.6 is 0 Å². The summed E-state index contributed by atoms with van der Waals surface area (Å²) in [7, 11) is 0. The number of hydrogen-bond acceptors (Lipinski definition) is 4. The number of ether oxygens (including phenoxy) is 1. The van der Waals surface area contributed by atoms with Gasteiger partial charge < -0.3 is 20.3 Å². The summed E-state index contributed by atoms with van der Waals surface area (Å²) in [5, 5.41) is 8.71. The van der Waals surface area contributed by atoms with Gasteiger partial charge in [-0.25, -0.2) is 0 Å². The number of anilines is 2. The quantitative estimate of drug-likeness (QED) is 0.291. The Balaban J connectivity index is 1.57. The van der Waals surface area contributed by atoms with Crippen molar-refractivity contribution in [1.82, 2.24) is 5.32 Å². The lowest BCUT2D eigenvalue weighted by Gasteiger charge is -2.32. The third-order valence-electron chi connectivity index (χ3n) is 7.21. The number of nitrogens with one attached hydrogen (secondary N) is 2. The maximum absolute atomic E-state index is 13.3. The molecule has 2 N–H and O–H groups in total. The van der Waals surface area contributed by atoms with Crippen LogP contribution in [0.5, 0.6) is 5.75 Å². The van der Waals surface area contributed by atoms with E-state index in [0.29, 0.717) is 6.73 Å². The number of hydrogen-bond donors (Lipinski definition) is 2. The lowest BCUT2D eigenvalue weighted by molar-refractivity contribution is -0.118. The molecule has 5 heteroatoms. The van der Waals surface area contributed by atoms with Crippen molar-refractivity contribution in [1.29, 1.82) is 0 Å². The van der Waals surface area contributed by atoms with Gasteiger partial charge in [-0.1, -0.05) is 74.7 Å². The molecule has 2 heterocycles. The maximum atomic E-state index is 13.3. The van der Waals surface area contributed by atoms with Crippen LogP contribution in [0.25, 0.3) is 21.9 Å². The monoisotopic (exact) mass is 529 g/mol. The molecule has 0 saturated heterocycles. The second-order valence-corrected chi connectivity index (χ2v) is 9.95. The molecule has 1 amide bonds. The van der Waals surface area contributed by atoms with E-state index in [-0.39, 0.29) is 12.5 Å². The summed E-state index contributed by atoms with van der Waals surface area (Å²) in [6.07, 6.45) is 10.7. The zero-order valence-corrected chi connectivity index (χ0v) is 23.4. The van der Waals surface area contributed by atoms with Gasteiger partial charge in [0.15, 0.2) is 6.73 Å². The minimum absolute atomic E-state index is 0.124. The molecule has 0 saturated carbocycles. The number of amides is 1. The second-order valence-electron chi connectivity index (χ2n) is 9.95. The van der Waals surface area contributed by atoms with E-state index in [2.05, 4.69) is 91.5 Å². The lowest BCUT2D eigenvalue weighted by Crippen LogP contribution is -2.35. The van der Waals surface area contributed by atoms with Crippen LogP contribution in [0.15, 0.2) is 115 Å². The zero-order chi connectivity index (χ0) is 28.2. The fraction of sp³-hybridized carbons (Fsp3) is 0.171. The van der Waals surface area contributed by atoms with Gasteiger partial charge in [0, 0.05) is 29.1 Å². The van der Waals surface area contributed by atoms with E-state index in [4.69, 9.17) is 4.74 Å². The molecule has 3 aromatic rings. The molecule has 0 bridgehead atoms. The van der Waals surface area contributed by atoms with Gasteiger partial charge in [-0.2, -0.15) is 0 Å². The predicted molar refractivity (Wildman–Crippen MR) is 168 cm³/mol. The molecular weight excluding hydrogens is 494 g/mol. The van der Waals surface area contributed by atoms with E-state index in [1.807, 2.05) is 37.0 Å². The third kappa shape index (κ3) is 5.36. The first-order valence-electron chi connectivity index (χ1n) is 13.6. The van der Waals surface area contributed by atoms with Crippen molar-refractivity contribution < 1.29 is 9.53 Å². The zero-order valence-electron chi connectivity index (χ0n) is 23.4. The number of rotatable bonds is 8. The van der Waals surface area contributed by atoms with Gasteiger partial charge in [-0.3, -0.25) is 4.79 Å². The van der Waals surface area contributed by atoms with Crippen LogP contribution in [-0.4, -0.2) is 19.2 Å². The molecule has 2 aliphatic rings. The molecule has 0 fully saturated rings. The molecular formula is C35H35N3O2. The Morgan fingerprint density at radius 3 is 2.70 bits per heavy atom. The minimum atomic E-state index is -0.124. The van der Waals surface area contributed by atoms with E-state index in [1.165, 1.54) is 10.8 Å². The van der Waals surface area contributed by atoms with Crippen molar-refractivity contribution in [2.45, 2.75) is 27.2 Å². The smallest absolute Gasteiger partial charge is 0.244 e. The van der Waals surface area contributed by atoms with Crippen molar-refractivity contribution >= 4 is 39.2 Å². The number of nitrogens with zero attached hydrogens (tertiary/aromatic N) is 1. The maximum Gasteiger partial charge on any atom is 0.244 e. The van der Waals surface area contributed by atoms with E-state index < -0.39 is 0 Å². The molecule has 0 radical (unpaired) electrons. The summed E-state index contributed by atoms with van der Waals surface area (Å²) >= 11 is 0. The molecule has 5 nitrogen and oxygen atoms in total. The third-order valence-corrected chi connectivity index (χ3v) is 7.21. The molecule has 0 unspecified atom stereocenters. The first-order valence-corrected chi connectivity index (χ1v) is 13.6. The number of fused-ring (bicyclic) bond motifs is 3. The van der Waals surface area contributed by atoms with Crippen LogP contribution in [0, 0.1) is 0 Å². The van der Waals surface area contributed by atoms with Crippen LogP contribution in [0.2, 0.25) is 0 Å². The molecule has 0 aliphatic carbocycles. The molecule has 5 rings (SSSR count). The van der Waals surface area contributed by atoms with Crippen molar-refractivity contribution in [3.63, 3.8) is 0 Å². The number of carbonyl (C=O) groups excluding carboxylic acids is 1.